The number of carbonyl (C=O) groups is 1. The van der Waals surface area contributed by atoms with Crippen LogP contribution >= 0.6 is 47.8 Å². The van der Waals surface area contributed by atoms with Crippen molar-refractivity contribution in [3.05, 3.63) is 54.9 Å². The van der Waals surface area contributed by atoms with Crippen molar-refractivity contribution in [2.24, 2.45) is 0 Å². The molecule has 0 aromatic heterocycles. The van der Waals surface area contributed by atoms with Gasteiger partial charge in [0.05, 0.1) is 4.47 Å². The molecule has 0 heterocycles. The Bertz CT molecular complexity index is 734. The number of benzene rings is 2. The van der Waals surface area contributed by atoms with Gasteiger partial charge in [0.2, 0.25) is 0 Å². The molecular formula is C18H17Br3O3. The molecule has 24 heavy (non-hydrogen) atoms. The minimum Gasteiger partial charge on any atom is -0.480 e. The molecule has 0 aliphatic rings. The van der Waals surface area contributed by atoms with E-state index in [-0.39, 0.29) is 12.5 Å². The summed E-state index contributed by atoms with van der Waals surface area (Å²) in [6, 6.07) is 9.41. The van der Waals surface area contributed by atoms with Crippen molar-refractivity contribution < 1.29 is 14.3 Å². The zero-order valence-electron chi connectivity index (χ0n) is 13.5. The monoisotopic (exact) mass is 518 g/mol. The molecule has 0 N–H and O–H groups in total. The van der Waals surface area contributed by atoms with Crippen LogP contribution in [0.5, 0.6) is 11.5 Å². The molecule has 0 spiro atoms. The number of aryl methyl sites for hydroxylation is 1. The molecule has 0 saturated heterocycles. The van der Waals surface area contributed by atoms with Crippen molar-refractivity contribution in [3.8, 4) is 11.5 Å². The van der Waals surface area contributed by atoms with Gasteiger partial charge in [-0.1, -0.05) is 45.7 Å². The molecule has 0 amide bonds. The van der Waals surface area contributed by atoms with Crippen LogP contribution in [0.4, 0.5) is 0 Å². The van der Waals surface area contributed by atoms with E-state index in [2.05, 4.69) is 61.6 Å². The van der Waals surface area contributed by atoms with Gasteiger partial charge < -0.3 is 9.47 Å². The highest BCUT2D eigenvalue weighted by molar-refractivity contribution is 9.11. The third-order valence-corrected chi connectivity index (χ3v) is 4.89. The standard InChI is InChI=1S/C18H17Br3O3/c1-10(2)14-7-12(19)4-5-16(14)24-17(22)9-23-18-11(3)6-13(20)8-15(18)21/h4-8,10H,9H2,1-3H3. The van der Waals surface area contributed by atoms with E-state index in [1.807, 2.05) is 31.2 Å². The second kappa shape index (κ2) is 8.50. The van der Waals surface area contributed by atoms with Gasteiger partial charge in [-0.05, 0) is 70.2 Å². The van der Waals surface area contributed by atoms with Gasteiger partial charge in [-0.2, -0.15) is 0 Å². The molecule has 6 heteroatoms. The maximum absolute atomic E-state index is 12.2. The molecule has 2 rings (SSSR count). The normalized spacial score (nSPS) is 10.8. The summed E-state index contributed by atoms with van der Waals surface area (Å²) >= 11 is 10.3. The fourth-order valence-corrected chi connectivity index (χ4v) is 4.15. The number of rotatable bonds is 5. The Hall–Kier alpha value is -0.850. The summed E-state index contributed by atoms with van der Waals surface area (Å²) in [7, 11) is 0. The Kier molecular flexibility index (Phi) is 6.89. The first-order valence-corrected chi connectivity index (χ1v) is 9.74. The smallest absolute Gasteiger partial charge is 0.349 e. The highest BCUT2D eigenvalue weighted by Gasteiger charge is 2.15. The highest BCUT2D eigenvalue weighted by Crippen LogP contribution is 2.33. The molecular weight excluding hydrogens is 504 g/mol. The minimum absolute atomic E-state index is 0.158. The summed E-state index contributed by atoms with van der Waals surface area (Å²) in [6.07, 6.45) is 0. The van der Waals surface area contributed by atoms with E-state index < -0.39 is 5.97 Å². The van der Waals surface area contributed by atoms with Crippen molar-refractivity contribution in [1.82, 2.24) is 0 Å². The molecule has 0 fully saturated rings. The van der Waals surface area contributed by atoms with Crippen molar-refractivity contribution in [2.45, 2.75) is 26.7 Å². The lowest BCUT2D eigenvalue weighted by molar-refractivity contribution is -0.136. The molecule has 0 bridgehead atoms. The topological polar surface area (TPSA) is 35.5 Å². The molecule has 2 aromatic rings. The van der Waals surface area contributed by atoms with Gasteiger partial charge in [0, 0.05) is 8.95 Å². The number of ether oxygens (including phenoxy) is 2. The predicted octanol–water partition coefficient (Wildman–Crippen LogP) is 6.39. The van der Waals surface area contributed by atoms with E-state index in [9.17, 15) is 4.79 Å². The van der Waals surface area contributed by atoms with Crippen molar-refractivity contribution in [1.29, 1.82) is 0 Å². The second-order valence-electron chi connectivity index (χ2n) is 5.63. The lowest BCUT2D eigenvalue weighted by Crippen LogP contribution is -2.19. The Balaban J connectivity index is 2.07. The average Bonchev–Trinajstić information content (AvgIpc) is 2.47. The maximum atomic E-state index is 12.2. The van der Waals surface area contributed by atoms with Crippen LogP contribution in [0.1, 0.15) is 30.9 Å². The fourth-order valence-electron chi connectivity index (χ4n) is 2.22. The highest BCUT2D eigenvalue weighted by atomic mass is 79.9. The summed E-state index contributed by atoms with van der Waals surface area (Å²) in [4.78, 5) is 12.2. The fraction of sp³-hybridized carbons (Fsp3) is 0.278. The molecule has 2 aromatic carbocycles. The van der Waals surface area contributed by atoms with Gasteiger partial charge in [-0.3, -0.25) is 0 Å². The quantitative estimate of drug-likeness (QED) is 0.338. The molecule has 128 valence electrons. The predicted molar refractivity (Wildman–Crippen MR) is 106 cm³/mol. The van der Waals surface area contributed by atoms with Crippen LogP contribution in [0.25, 0.3) is 0 Å². The van der Waals surface area contributed by atoms with E-state index >= 15 is 0 Å². The Labute approximate surface area is 167 Å². The minimum atomic E-state index is -0.437. The lowest BCUT2D eigenvalue weighted by Gasteiger charge is -2.14. The van der Waals surface area contributed by atoms with Crippen molar-refractivity contribution in [3.63, 3.8) is 0 Å². The van der Waals surface area contributed by atoms with Crippen LogP contribution in [0.3, 0.4) is 0 Å². The van der Waals surface area contributed by atoms with Crippen molar-refractivity contribution >= 4 is 53.8 Å². The number of esters is 1. The van der Waals surface area contributed by atoms with E-state index in [0.29, 0.717) is 11.5 Å². The Morgan fingerprint density at radius 3 is 2.42 bits per heavy atom. The first-order chi connectivity index (χ1) is 11.3. The Morgan fingerprint density at radius 2 is 1.79 bits per heavy atom. The third kappa shape index (κ3) is 5.07. The van der Waals surface area contributed by atoms with Crippen LogP contribution in [-0.4, -0.2) is 12.6 Å². The number of carbonyl (C=O) groups excluding carboxylic acids is 1. The summed E-state index contributed by atoms with van der Waals surface area (Å²) in [5.74, 6) is 1.01. The molecule has 0 unspecified atom stereocenters. The summed E-state index contributed by atoms with van der Waals surface area (Å²) in [5.41, 5.74) is 1.90. The zero-order chi connectivity index (χ0) is 17.9. The zero-order valence-corrected chi connectivity index (χ0v) is 18.3. The molecule has 0 radical (unpaired) electrons. The third-order valence-electron chi connectivity index (χ3n) is 3.35. The van der Waals surface area contributed by atoms with E-state index in [0.717, 1.165) is 24.5 Å². The van der Waals surface area contributed by atoms with Gasteiger partial charge in [0.25, 0.3) is 0 Å². The first kappa shape index (κ1) is 19.5. The first-order valence-electron chi connectivity index (χ1n) is 7.36. The summed E-state index contributed by atoms with van der Waals surface area (Å²) < 4.78 is 13.8. The second-order valence-corrected chi connectivity index (χ2v) is 8.32. The summed E-state index contributed by atoms with van der Waals surface area (Å²) in [6.45, 7) is 5.87. The van der Waals surface area contributed by atoms with Crippen LogP contribution < -0.4 is 9.47 Å². The summed E-state index contributed by atoms with van der Waals surface area (Å²) in [5, 5.41) is 0. The largest absolute Gasteiger partial charge is 0.480 e. The molecule has 0 atom stereocenters. The lowest BCUT2D eigenvalue weighted by atomic mass is 10.0. The van der Waals surface area contributed by atoms with Crippen molar-refractivity contribution in [2.75, 3.05) is 6.61 Å². The van der Waals surface area contributed by atoms with Crippen LogP contribution in [0.2, 0.25) is 0 Å². The van der Waals surface area contributed by atoms with Gasteiger partial charge in [0.15, 0.2) is 6.61 Å². The van der Waals surface area contributed by atoms with E-state index in [1.165, 1.54) is 0 Å². The molecule has 0 aliphatic carbocycles. The number of hydrogen-bond acceptors (Lipinski definition) is 3. The Morgan fingerprint density at radius 1 is 1.08 bits per heavy atom. The molecule has 3 nitrogen and oxygen atoms in total. The van der Waals surface area contributed by atoms with Gasteiger partial charge in [-0.25, -0.2) is 4.79 Å². The molecule has 0 saturated carbocycles. The average molecular weight is 521 g/mol. The number of halogens is 3. The van der Waals surface area contributed by atoms with Crippen LogP contribution in [0, 0.1) is 6.92 Å². The van der Waals surface area contributed by atoms with Gasteiger partial charge in [-0.15, -0.1) is 0 Å². The maximum Gasteiger partial charge on any atom is 0.349 e. The van der Waals surface area contributed by atoms with Crippen LogP contribution in [-0.2, 0) is 4.79 Å². The van der Waals surface area contributed by atoms with E-state index in [4.69, 9.17) is 9.47 Å². The molecule has 0 aliphatic heterocycles. The van der Waals surface area contributed by atoms with Crippen LogP contribution in [0.15, 0.2) is 43.7 Å². The SMILES string of the molecule is Cc1cc(Br)cc(Br)c1OCC(=O)Oc1ccc(Br)cc1C(C)C. The van der Waals surface area contributed by atoms with Gasteiger partial charge >= 0.3 is 5.97 Å². The van der Waals surface area contributed by atoms with E-state index in [1.54, 1.807) is 6.07 Å². The number of hydrogen-bond donors (Lipinski definition) is 0. The van der Waals surface area contributed by atoms with Gasteiger partial charge in [0.1, 0.15) is 11.5 Å².